The summed E-state index contributed by atoms with van der Waals surface area (Å²) in [5.74, 6) is 0. The Labute approximate surface area is 134 Å². The molecule has 0 amide bonds. The molecule has 0 aliphatic rings. The van der Waals surface area contributed by atoms with Gasteiger partial charge in [0.05, 0.1) is 9.82 Å². The summed E-state index contributed by atoms with van der Waals surface area (Å²) in [4.78, 5) is 11.9. The number of likely N-dealkylation sites (N-methyl/N-ethyl adjacent to an activating group) is 1. The molecule has 2 aromatic carbocycles. The number of anilines is 1. The molecule has 2 aromatic rings. The second-order valence-electron chi connectivity index (χ2n) is 4.91. The van der Waals surface area contributed by atoms with Crippen LogP contribution < -0.4 is 9.62 Å². The summed E-state index contributed by atoms with van der Waals surface area (Å²) in [7, 11) is -1.92. The van der Waals surface area contributed by atoms with Crippen molar-refractivity contribution < 1.29 is 13.3 Å². The van der Waals surface area contributed by atoms with Crippen molar-refractivity contribution in [1.29, 1.82) is 0 Å². The summed E-state index contributed by atoms with van der Waals surface area (Å²) in [6.45, 7) is 0.661. The highest BCUT2D eigenvalue weighted by molar-refractivity contribution is 7.89. The summed E-state index contributed by atoms with van der Waals surface area (Å²) in [5.41, 5.74) is 0.719. The predicted molar refractivity (Wildman–Crippen MR) is 88.0 cm³/mol. The fourth-order valence-corrected chi connectivity index (χ4v) is 3.07. The SMILES string of the molecule is CN(CCNS(=O)(=O)c1cccc([N+](=O)[O-])c1)c1ccccc1. The normalized spacial score (nSPS) is 11.2. The van der Waals surface area contributed by atoms with Gasteiger partial charge in [0.1, 0.15) is 0 Å². The molecular formula is C15H17N3O4S. The molecule has 0 aromatic heterocycles. The first-order chi connectivity index (χ1) is 10.9. The Bertz CT molecular complexity index is 778. The first kappa shape index (κ1) is 16.9. The highest BCUT2D eigenvalue weighted by atomic mass is 32.2. The molecule has 2 rings (SSSR count). The van der Waals surface area contributed by atoms with Gasteiger partial charge >= 0.3 is 0 Å². The molecule has 0 aliphatic carbocycles. The van der Waals surface area contributed by atoms with Crippen molar-refractivity contribution in [3.8, 4) is 0 Å². The maximum Gasteiger partial charge on any atom is 0.270 e. The summed E-state index contributed by atoms with van der Waals surface area (Å²) >= 11 is 0. The van der Waals surface area contributed by atoms with Gasteiger partial charge in [-0.25, -0.2) is 13.1 Å². The van der Waals surface area contributed by atoms with Crippen LogP contribution in [0, 0.1) is 10.1 Å². The number of nitrogens with zero attached hydrogens (tertiary/aromatic N) is 2. The quantitative estimate of drug-likeness (QED) is 0.617. The molecule has 122 valence electrons. The van der Waals surface area contributed by atoms with Crippen LogP contribution >= 0.6 is 0 Å². The second-order valence-corrected chi connectivity index (χ2v) is 6.68. The molecule has 0 saturated heterocycles. The molecule has 0 saturated carbocycles. The standard InChI is InChI=1S/C15H17N3O4S/c1-17(13-6-3-2-4-7-13)11-10-16-23(21,22)15-9-5-8-14(12-15)18(19)20/h2-9,12,16H,10-11H2,1H3. The van der Waals surface area contributed by atoms with Crippen LogP contribution in [0.5, 0.6) is 0 Å². The van der Waals surface area contributed by atoms with Gasteiger partial charge in [-0.3, -0.25) is 10.1 Å². The molecule has 0 heterocycles. The number of non-ortho nitro benzene ring substituents is 1. The Balaban J connectivity index is 1.99. The molecule has 0 aliphatic heterocycles. The minimum atomic E-state index is -3.78. The van der Waals surface area contributed by atoms with Crippen molar-refractivity contribution in [3.05, 3.63) is 64.7 Å². The zero-order valence-electron chi connectivity index (χ0n) is 12.5. The predicted octanol–water partition coefficient (Wildman–Crippen LogP) is 2.01. The topological polar surface area (TPSA) is 92.6 Å². The van der Waals surface area contributed by atoms with Crippen LogP contribution in [0.4, 0.5) is 11.4 Å². The number of nitro groups is 1. The highest BCUT2D eigenvalue weighted by Crippen LogP contribution is 2.17. The lowest BCUT2D eigenvalue weighted by molar-refractivity contribution is -0.385. The first-order valence-corrected chi connectivity index (χ1v) is 8.39. The van der Waals surface area contributed by atoms with Gasteiger partial charge in [-0.2, -0.15) is 0 Å². The lowest BCUT2D eigenvalue weighted by Gasteiger charge is -2.19. The van der Waals surface area contributed by atoms with Crippen LogP contribution in [-0.4, -0.2) is 33.5 Å². The van der Waals surface area contributed by atoms with E-state index in [-0.39, 0.29) is 17.1 Å². The van der Waals surface area contributed by atoms with Crippen LogP contribution in [0.25, 0.3) is 0 Å². The average molecular weight is 335 g/mol. The van der Waals surface area contributed by atoms with Crippen LogP contribution in [0.3, 0.4) is 0 Å². The van der Waals surface area contributed by atoms with Gasteiger partial charge in [0.15, 0.2) is 0 Å². The van der Waals surface area contributed by atoms with E-state index in [1.54, 1.807) is 0 Å². The molecule has 1 N–H and O–H groups in total. The van der Waals surface area contributed by atoms with Crippen molar-refractivity contribution >= 4 is 21.4 Å². The van der Waals surface area contributed by atoms with Crippen molar-refractivity contribution in [2.24, 2.45) is 0 Å². The molecule has 0 spiro atoms. The average Bonchev–Trinajstić information content (AvgIpc) is 2.55. The van der Waals surface area contributed by atoms with Gasteiger partial charge in [-0.1, -0.05) is 24.3 Å². The van der Waals surface area contributed by atoms with Gasteiger partial charge in [0.2, 0.25) is 10.0 Å². The van der Waals surface area contributed by atoms with Gasteiger partial charge in [-0.05, 0) is 18.2 Å². The van der Waals surface area contributed by atoms with Crippen LogP contribution in [0.2, 0.25) is 0 Å². The second kappa shape index (κ2) is 7.21. The Morgan fingerprint density at radius 2 is 1.83 bits per heavy atom. The van der Waals surface area contributed by atoms with Gasteiger partial charge in [0.25, 0.3) is 5.69 Å². The first-order valence-electron chi connectivity index (χ1n) is 6.90. The Morgan fingerprint density at radius 3 is 2.48 bits per heavy atom. The van der Waals surface area contributed by atoms with E-state index in [2.05, 4.69) is 4.72 Å². The minimum Gasteiger partial charge on any atom is -0.373 e. The Morgan fingerprint density at radius 1 is 1.13 bits per heavy atom. The molecule has 0 fully saturated rings. The summed E-state index contributed by atoms with van der Waals surface area (Å²) < 4.78 is 26.8. The van der Waals surface area contributed by atoms with E-state index in [1.807, 2.05) is 42.3 Å². The van der Waals surface area contributed by atoms with Gasteiger partial charge < -0.3 is 4.90 Å². The molecule has 0 atom stereocenters. The monoisotopic (exact) mass is 335 g/mol. The molecule has 0 bridgehead atoms. The molecule has 7 nitrogen and oxygen atoms in total. The van der Waals surface area contributed by atoms with Crippen LogP contribution in [0.15, 0.2) is 59.5 Å². The highest BCUT2D eigenvalue weighted by Gasteiger charge is 2.17. The van der Waals surface area contributed by atoms with Crippen molar-refractivity contribution in [1.82, 2.24) is 4.72 Å². The summed E-state index contributed by atoms with van der Waals surface area (Å²) in [6.07, 6.45) is 0. The van der Waals surface area contributed by atoms with E-state index >= 15 is 0 Å². The fraction of sp³-hybridized carbons (Fsp3) is 0.200. The maximum absolute atomic E-state index is 12.2. The van der Waals surface area contributed by atoms with E-state index in [0.717, 1.165) is 11.8 Å². The van der Waals surface area contributed by atoms with Crippen LogP contribution in [0.1, 0.15) is 0 Å². The zero-order chi connectivity index (χ0) is 16.9. The van der Waals surface area contributed by atoms with E-state index in [9.17, 15) is 18.5 Å². The number of rotatable bonds is 7. The number of sulfonamides is 1. The number of para-hydroxylation sites is 1. The number of hydrogen-bond acceptors (Lipinski definition) is 5. The number of nitrogens with one attached hydrogen (secondary N) is 1. The van der Waals surface area contributed by atoms with Crippen molar-refractivity contribution in [2.75, 3.05) is 25.0 Å². The number of hydrogen-bond donors (Lipinski definition) is 1. The maximum atomic E-state index is 12.2. The molecule has 8 heteroatoms. The largest absolute Gasteiger partial charge is 0.373 e. The van der Waals surface area contributed by atoms with E-state index in [0.29, 0.717) is 6.54 Å². The molecule has 0 radical (unpaired) electrons. The van der Waals surface area contributed by atoms with Gasteiger partial charge in [-0.15, -0.1) is 0 Å². The molecular weight excluding hydrogens is 318 g/mol. The zero-order valence-corrected chi connectivity index (χ0v) is 13.4. The van der Waals surface area contributed by atoms with Crippen LogP contribution in [-0.2, 0) is 10.0 Å². The lowest BCUT2D eigenvalue weighted by Crippen LogP contribution is -2.33. The van der Waals surface area contributed by atoms with Gasteiger partial charge in [0, 0.05) is 38.0 Å². The molecule has 23 heavy (non-hydrogen) atoms. The van der Waals surface area contributed by atoms with E-state index in [4.69, 9.17) is 0 Å². The summed E-state index contributed by atoms with van der Waals surface area (Å²) in [5, 5.41) is 10.7. The lowest BCUT2D eigenvalue weighted by atomic mass is 10.3. The third kappa shape index (κ3) is 4.51. The van der Waals surface area contributed by atoms with E-state index < -0.39 is 14.9 Å². The third-order valence-electron chi connectivity index (χ3n) is 3.28. The minimum absolute atomic E-state index is 0.117. The number of benzene rings is 2. The fourth-order valence-electron chi connectivity index (χ4n) is 2.01. The third-order valence-corrected chi connectivity index (χ3v) is 4.73. The molecule has 0 unspecified atom stereocenters. The van der Waals surface area contributed by atoms with E-state index in [1.165, 1.54) is 18.2 Å². The van der Waals surface area contributed by atoms with Crippen molar-refractivity contribution in [3.63, 3.8) is 0 Å². The van der Waals surface area contributed by atoms with Crippen molar-refractivity contribution in [2.45, 2.75) is 4.90 Å². The Hall–Kier alpha value is -2.45. The summed E-state index contributed by atoms with van der Waals surface area (Å²) in [6, 6.07) is 14.5. The number of nitro benzene ring substituents is 1. The smallest absolute Gasteiger partial charge is 0.270 e. The Kier molecular flexibility index (Phi) is 5.30.